The van der Waals surface area contributed by atoms with Crippen LogP contribution in [0.25, 0.3) is 0 Å². The van der Waals surface area contributed by atoms with Crippen LogP contribution in [-0.4, -0.2) is 40.7 Å². The van der Waals surface area contributed by atoms with E-state index in [1.54, 1.807) is 24.6 Å². The highest BCUT2D eigenvalue weighted by Gasteiger charge is 2.27. The fourth-order valence-electron chi connectivity index (χ4n) is 3.19. The summed E-state index contributed by atoms with van der Waals surface area (Å²) in [4.78, 5) is 41.4. The van der Waals surface area contributed by atoms with Crippen molar-refractivity contribution < 1.29 is 14.5 Å². The first-order valence-electron chi connectivity index (χ1n) is 8.62. The molecule has 1 fully saturated rings. The number of nitro benzene ring substituents is 1. The van der Waals surface area contributed by atoms with E-state index in [0.29, 0.717) is 42.1 Å². The minimum absolute atomic E-state index is 0.0193. The first-order valence-corrected chi connectivity index (χ1v) is 9.50. The van der Waals surface area contributed by atoms with Crippen molar-refractivity contribution in [2.75, 3.05) is 18.0 Å². The lowest BCUT2D eigenvalue weighted by Gasteiger charge is -2.33. The molecule has 2 heterocycles. The van der Waals surface area contributed by atoms with E-state index in [2.05, 4.69) is 10.3 Å². The van der Waals surface area contributed by atoms with Gasteiger partial charge < -0.3 is 10.2 Å². The molecule has 1 aromatic heterocycles. The van der Waals surface area contributed by atoms with Gasteiger partial charge in [0, 0.05) is 30.8 Å². The number of amides is 1. The second-order valence-electron chi connectivity index (χ2n) is 6.52. The maximum Gasteiger partial charge on any atom is 0.293 e. The highest BCUT2D eigenvalue weighted by Crippen LogP contribution is 2.31. The molecule has 8 nitrogen and oxygen atoms in total. The molecular weight excluding hydrogens is 368 g/mol. The smallest absolute Gasteiger partial charge is 0.293 e. The number of rotatable bonds is 5. The number of hydrogen-bond donors (Lipinski definition) is 1. The Hall–Kier alpha value is -2.81. The molecule has 3 rings (SSSR count). The van der Waals surface area contributed by atoms with Gasteiger partial charge in [-0.3, -0.25) is 19.7 Å². The number of thiazole rings is 1. The number of aromatic nitrogens is 1. The number of piperidine rings is 1. The van der Waals surface area contributed by atoms with E-state index < -0.39 is 4.92 Å². The van der Waals surface area contributed by atoms with Crippen LogP contribution in [0.4, 0.5) is 11.4 Å². The number of anilines is 1. The number of carbonyl (C=O) groups is 2. The normalized spacial score (nSPS) is 14.8. The predicted octanol–water partition coefficient (Wildman–Crippen LogP) is 2.96. The molecule has 1 aromatic carbocycles. The molecule has 142 valence electrons. The monoisotopic (exact) mass is 388 g/mol. The van der Waals surface area contributed by atoms with Crippen LogP contribution in [0.5, 0.6) is 0 Å². The Morgan fingerprint density at radius 1 is 1.33 bits per heavy atom. The fourth-order valence-corrected chi connectivity index (χ4v) is 3.90. The maximum atomic E-state index is 12.3. The Balaban J connectivity index is 1.67. The molecule has 2 aromatic rings. The van der Waals surface area contributed by atoms with Gasteiger partial charge in [-0.2, -0.15) is 0 Å². The summed E-state index contributed by atoms with van der Waals surface area (Å²) in [5, 5.41) is 14.4. The topological polar surface area (TPSA) is 105 Å². The Bertz CT molecular complexity index is 887. The van der Waals surface area contributed by atoms with Gasteiger partial charge in [-0.05, 0) is 38.8 Å². The summed E-state index contributed by atoms with van der Waals surface area (Å²) < 4.78 is 0. The van der Waals surface area contributed by atoms with Gasteiger partial charge in [0.05, 0.1) is 16.1 Å². The molecule has 1 amide bonds. The minimum atomic E-state index is -0.456. The third kappa shape index (κ3) is 4.13. The number of nitro groups is 1. The summed E-state index contributed by atoms with van der Waals surface area (Å²) in [6, 6.07) is 4.60. The number of Topliss-reactive ketones (excluding diaryl/α,β-unsaturated/α-hetero) is 1. The lowest BCUT2D eigenvalue weighted by molar-refractivity contribution is -0.384. The molecule has 1 saturated heterocycles. The molecule has 1 aliphatic rings. The zero-order chi connectivity index (χ0) is 19.6. The number of nitrogens with zero attached hydrogens (tertiary/aromatic N) is 3. The highest BCUT2D eigenvalue weighted by molar-refractivity contribution is 7.11. The summed E-state index contributed by atoms with van der Waals surface area (Å²) in [5.74, 6) is -0.324. The highest BCUT2D eigenvalue weighted by atomic mass is 32.1. The van der Waals surface area contributed by atoms with Crippen LogP contribution in [0.2, 0.25) is 0 Å². The molecule has 27 heavy (non-hydrogen) atoms. The van der Waals surface area contributed by atoms with Gasteiger partial charge in [0.1, 0.15) is 10.6 Å². The van der Waals surface area contributed by atoms with Crippen LogP contribution in [0, 0.1) is 17.0 Å². The fraction of sp³-hybridized carbons (Fsp3) is 0.389. The van der Waals surface area contributed by atoms with Crippen LogP contribution in [-0.2, 0) is 0 Å². The molecule has 1 N–H and O–H groups in total. The van der Waals surface area contributed by atoms with Crippen LogP contribution in [0.3, 0.4) is 0 Å². The Labute approximate surface area is 160 Å². The molecule has 0 unspecified atom stereocenters. The van der Waals surface area contributed by atoms with E-state index in [9.17, 15) is 19.7 Å². The van der Waals surface area contributed by atoms with E-state index in [-0.39, 0.29) is 23.4 Å². The number of benzene rings is 1. The molecule has 1 aliphatic heterocycles. The van der Waals surface area contributed by atoms with Gasteiger partial charge in [0.25, 0.3) is 11.6 Å². The second kappa shape index (κ2) is 7.83. The quantitative estimate of drug-likeness (QED) is 0.480. The van der Waals surface area contributed by atoms with Crippen molar-refractivity contribution in [2.45, 2.75) is 32.7 Å². The van der Waals surface area contributed by atoms with Gasteiger partial charge in [-0.15, -0.1) is 11.3 Å². The van der Waals surface area contributed by atoms with Crippen molar-refractivity contribution in [1.82, 2.24) is 10.3 Å². The number of carbonyl (C=O) groups excluding carboxylic acids is 2. The number of aryl methyl sites for hydroxylation is 1. The number of nitrogens with one attached hydrogen (secondary N) is 1. The summed E-state index contributed by atoms with van der Waals surface area (Å²) in [6.45, 7) is 4.37. The molecule has 0 radical (unpaired) electrons. The number of hydrogen-bond acceptors (Lipinski definition) is 7. The lowest BCUT2D eigenvalue weighted by Crippen LogP contribution is -2.44. The second-order valence-corrected chi connectivity index (χ2v) is 7.37. The first kappa shape index (κ1) is 19.0. The Morgan fingerprint density at radius 3 is 2.59 bits per heavy atom. The first-order chi connectivity index (χ1) is 12.9. The summed E-state index contributed by atoms with van der Waals surface area (Å²) in [7, 11) is 0. The van der Waals surface area contributed by atoms with Crippen molar-refractivity contribution in [3.63, 3.8) is 0 Å². The Morgan fingerprint density at radius 2 is 2.04 bits per heavy atom. The van der Waals surface area contributed by atoms with Crippen molar-refractivity contribution in [3.8, 4) is 0 Å². The molecular formula is C18H20N4O4S. The summed E-state index contributed by atoms with van der Waals surface area (Å²) in [6.07, 6.45) is 1.38. The minimum Gasteiger partial charge on any atom is -0.366 e. The number of ketones is 1. The van der Waals surface area contributed by atoms with Gasteiger partial charge in [0.15, 0.2) is 5.78 Å². The average Bonchev–Trinajstić information content (AvgIpc) is 3.08. The molecule has 9 heteroatoms. The maximum absolute atomic E-state index is 12.3. The van der Waals surface area contributed by atoms with Crippen LogP contribution >= 0.6 is 11.3 Å². The van der Waals surface area contributed by atoms with Crippen molar-refractivity contribution in [2.24, 2.45) is 0 Å². The van der Waals surface area contributed by atoms with Crippen LogP contribution in [0.15, 0.2) is 23.7 Å². The standard InChI is InChI=1S/C18H20N4O4S/c1-11-17(27-10-19-11)18(24)20-14-5-7-21(8-6-14)15-4-3-13(12(2)23)9-16(15)22(25)26/h3-4,9-10,14H,5-8H2,1-2H3,(H,20,24). The van der Waals surface area contributed by atoms with E-state index in [0.717, 1.165) is 5.69 Å². The molecule has 0 bridgehead atoms. The van der Waals surface area contributed by atoms with E-state index in [1.807, 2.05) is 4.90 Å². The van der Waals surface area contributed by atoms with E-state index in [1.165, 1.54) is 24.3 Å². The van der Waals surface area contributed by atoms with Crippen molar-refractivity contribution in [3.05, 3.63) is 50.0 Å². The molecule has 0 spiro atoms. The van der Waals surface area contributed by atoms with E-state index >= 15 is 0 Å². The predicted molar refractivity (Wildman–Crippen MR) is 103 cm³/mol. The molecule has 0 aliphatic carbocycles. The zero-order valence-electron chi connectivity index (χ0n) is 15.1. The molecule has 0 saturated carbocycles. The van der Waals surface area contributed by atoms with Gasteiger partial charge in [0.2, 0.25) is 0 Å². The lowest BCUT2D eigenvalue weighted by atomic mass is 10.0. The Kier molecular flexibility index (Phi) is 5.50. The third-order valence-electron chi connectivity index (χ3n) is 4.70. The largest absolute Gasteiger partial charge is 0.366 e. The zero-order valence-corrected chi connectivity index (χ0v) is 15.9. The van der Waals surface area contributed by atoms with Crippen LogP contribution in [0.1, 0.15) is 45.5 Å². The SMILES string of the molecule is CC(=O)c1ccc(N2CCC(NC(=O)c3scnc3C)CC2)c([N+](=O)[O-])c1. The summed E-state index contributed by atoms with van der Waals surface area (Å²) >= 11 is 1.32. The van der Waals surface area contributed by atoms with Crippen molar-refractivity contribution in [1.29, 1.82) is 0 Å². The van der Waals surface area contributed by atoms with Gasteiger partial charge in [-0.25, -0.2) is 4.98 Å². The van der Waals surface area contributed by atoms with E-state index in [4.69, 9.17) is 0 Å². The van der Waals surface area contributed by atoms with Gasteiger partial charge in [-0.1, -0.05) is 0 Å². The third-order valence-corrected chi connectivity index (χ3v) is 5.63. The van der Waals surface area contributed by atoms with Crippen LogP contribution < -0.4 is 10.2 Å². The van der Waals surface area contributed by atoms with Gasteiger partial charge >= 0.3 is 0 Å². The molecule has 0 atom stereocenters. The van der Waals surface area contributed by atoms with Crippen molar-refractivity contribution >= 4 is 34.4 Å². The summed E-state index contributed by atoms with van der Waals surface area (Å²) in [5.41, 5.74) is 3.14. The average molecular weight is 388 g/mol.